The summed E-state index contributed by atoms with van der Waals surface area (Å²) in [4.78, 5) is 13.8. The van der Waals surface area contributed by atoms with E-state index in [1.165, 1.54) is 12.1 Å². The van der Waals surface area contributed by atoms with Crippen molar-refractivity contribution in [3.05, 3.63) is 35.6 Å². The summed E-state index contributed by atoms with van der Waals surface area (Å²) in [5, 5.41) is 0. The summed E-state index contributed by atoms with van der Waals surface area (Å²) in [5.74, 6) is 0.0420. The van der Waals surface area contributed by atoms with Crippen LogP contribution in [0.15, 0.2) is 24.3 Å². The van der Waals surface area contributed by atoms with Gasteiger partial charge in [0.05, 0.1) is 0 Å². The fourth-order valence-electron chi connectivity index (χ4n) is 2.95. The van der Waals surface area contributed by atoms with E-state index in [9.17, 15) is 9.18 Å². The van der Waals surface area contributed by atoms with Gasteiger partial charge < -0.3 is 15.4 Å². The van der Waals surface area contributed by atoms with Crippen LogP contribution in [0.1, 0.15) is 38.7 Å². The third-order valence-electron chi connectivity index (χ3n) is 3.98. The van der Waals surface area contributed by atoms with Crippen LogP contribution >= 0.6 is 0 Å². The number of nitrogens with zero attached hydrogens (tertiary/aromatic N) is 1. The van der Waals surface area contributed by atoms with E-state index in [1.807, 2.05) is 26.8 Å². The number of benzene rings is 1. The molecule has 1 heterocycles. The molecule has 0 aromatic heterocycles. The second-order valence-corrected chi connectivity index (χ2v) is 6.87. The molecule has 0 radical (unpaired) electrons. The molecule has 2 atom stereocenters. The van der Waals surface area contributed by atoms with E-state index in [2.05, 4.69) is 0 Å². The molecular formula is C17H25FN2O2. The molecule has 2 unspecified atom stereocenters. The Morgan fingerprint density at radius 1 is 1.50 bits per heavy atom. The van der Waals surface area contributed by atoms with Gasteiger partial charge in [0.25, 0.3) is 0 Å². The Balaban J connectivity index is 2.03. The van der Waals surface area contributed by atoms with Crippen molar-refractivity contribution >= 4 is 6.09 Å². The highest BCUT2D eigenvalue weighted by Gasteiger charge is 2.34. The van der Waals surface area contributed by atoms with Crippen molar-refractivity contribution in [1.82, 2.24) is 4.90 Å². The van der Waals surface area contributed by atoms with Crippen LogP contribution in [-0.4, -0.2) is 36.2 Å². The number of carbonyl (C=O) groups is 1. The molecule has 1 aliphatic heterocycles. The molecular weight excluding hydrogens is 283 g/mol. The van der Waals surface area contributed by atoms with Crippen LogP contribution in [0, 0.1) is 11.7 Å². The lowest BCUT2D eigenvalue weighted by atomic mass is 9.85. The third-order valence-corrected chi connectivity index (χ3v) is 3.98. The van der Waals surface area contributed by atoms with Gasteiger partial charge in [0, 0.05) is 19.0 Å². The SMILES string of the molecule is CC(C)(C)OC(=O)N1CCC(C(CN)c2cccc(F)c2)C1. The quantitative estimate of drug-likeness (QED) is 0.933. The topological polar surface area (TPSA) is 55.6 Å². The van der Waals surface area contributed by atoms with E-state index in [-0.39, 0.29) is 23.7 Å². The maximum Gasteiger partial charge on any atom is 0.410 e. The molecule has 1 amide bonds. The number of amides is 1. The summed E-state index contributed by atoms with van der Waals surface area (Å²) in [5.41, 5.74) is 6.31. The predicted octanol–water partition coefficient (Wildman–Crippen LogP) is 3.13. The summed E-state index contributed by atoms with van der Waals surface area (Å²) in [6, 6.07) is 6.57. The van der Waals surface area contributed by atoms with E-state index < -0.39 is 5.60 Å². The van der Waals surface area contributed by atoms with Gasteiger partial charge in [-0.05, 0) is 57.4 Å². The third kappa shape index (κ3) is 4.19. The van der Waals surface area contributed by atoms with Crippen LogP contribution in [0.4, 0.5) is 9.18 Å². The highest BCUT2D eigenvalue weighted by molar-refractivity contribution is 5.68. The fraction of sp³-hybridized carbons (Fsp3) is 0.588. The van der Waals surface area contributed by atoms with Crippen molar-refractivity contribution in [3.8, 4) is 0 Å². The standard InChI is InChI=1S/C17H25FN2O2/c1-17(2,3)22-16(21)20-8-7-13(11-20)15(10-19)12-5-4-6-14(18)9-12/h4-6,9,13,15H,7-8,10-11,19H2,1-3H3. The lowest BCUT2D eigenvalue weighted by Gasteiger charge is -2.26. The minimum atomic E-state index is -0.495. The Hall–Kier alpha value is -1.62. The van der Waals surface area contributed by atoms with E-state index in [0.29, 0.717) is 19.6 Å². The van der Waals surface area contributed by atoms with Gasteiger partial charge in [-0.1, -0.05) is 12.1 Å². The van der Waals surface area contributed by atoms with Crippen LogP contribution in [0.5, 0.6) is 0 Å². The Labute approximate surface area is 131 Å². The minimum absolute atomic E-state index is 0.0585. The van der Waals surface area contributed by atoms with Crippen LogP contribution in [-0.2, 0) is 4.74 Å². The van der Waals surface area contributed by atoms with Crippen molar-refractivity contribution in [1.29, 1.82) is 0 Å². The first-order chi connectivity index (χ1) is 10.3. The van der Waals surface area contributed by atoms with Gasteiger partial charge in [0.1, 0.15) is 11.4 Å². The Morgan fingerprint density at radius 3 is 2.82 bits per heavy atom. The maximum atomic E-state index is 13.4. The second kappa shape index (κ2) is 6.65. The summed E-state index contributed by atoms with van der Waals surface area (Å²) in [6.45, 7) is 7.27. The fourth-order valence-corrected chi connectivity index (χ4v) is 2.95. The van der Waals surface area contributed by atoms with Crippen molar-refractivity contribution in [3.63, 3.8) is 0 Å². The average Bonchev–Trinajstić information content (AvgIpc) is 2.87. The Morgan fingerprint density at radius 2 is 2.23 bits per heavy atom. The molecule has 0 saturated carbocycles. The van der Waals surface area contributed by atoms with Crippen molar-refractivity contribution < 1.29 is 13.9 Å². The summed E-state index contributed by atoms with van der Waals surface area (Å²) in [7, 11) is 0. The molecule has 0 bridgehead atoms. The molecule has 2 N–H and O–H groups in total. The number of carbonyl (C=O) groups excluding carboxylic acids is 1. The van der Waals surface area contributed by atoms with Crippen molar-refractivity contribution in [2.45, 2.75) is 38.7 Å². The van der Waals surface area contributed by atoms with E-state index in [0.717, 1.165) is 12.0 Å². The number of halogens is 1. The largest absolute Gasteiger partial charge is 0.444 e. The van der Waals surface area contributed by atoms with Gasteiger partial charge in [-0.25, -0.2) is 9.18 Å². The number of hydrogen-bond donors (Lipinski definition) is 1. The predicted molar refractivity (Wildman–Crippen MR) is 84.1 cm³/mol. The molecule has 4 nitrogen and oxygen atoms in total. The van der Waals surface area contributed by atoms with Gasteiger partial charge in [-0.2, -0.15) is 0 Å². The number of rotatable bonds is 3. The van der Waals surface area contributed by atoms with E-state index >= 15 is 0 Å². The lowest BCUT2D eigenvalue weighted by molar-refractivity contribution is 0.0286. The minimum Gasteiger partial charge on any atom is -0.444 e. The number of hydrogen-bond acceptors (Lipinski definition) is 3. The first kappa shape index (κ1) is 16.7. The zero-order chi connectivity index (χ0) is 16.3. The zero-order valence-electron chi connectivity index (χ0n) is 13.5. The van der Waals surface area contributed by atoms with Crippen molar-refractivity contribution in [2.75, 3.05) is 19.6 Å². The highest BCUT2D eigenvalue weighted by atomic mass is 19.1. The molecule has 1 aliphatic rings. The van der Waals surface area contributed by atoms with Gasteiger partial charge >= 0.3 is 6.09 Å². The second-order valence-electron chi connectivity index (χ2n) is 6.87. The molecule has 1 saturated heterocycles. The maximum absolute atomic E-state index is 13.4. The summed E-state index contributed by atoms with van der Waals surface area (Å²) < 4.78 is 18.8. The van der Waals surface area contributed by atoms with Gasteiger partial charge in [0.15, 0.2) is 0 Å². The highest BCUT2D eigenvalue weighted by Crippen LogP contribution is 2.32. The van der Waals surface area contributed by atoms with Gasteiger partial charge in [-0.3, -0.25) is 0 Å². The van der Waals surface area contributed by atoms with Crippen LogP contribution in [0.2, 0.25) is 0 Å². The first-order valence-electron chi connectivity index (χ1n) is 7.73. The molecule has 1 fully saturated rings. The number of ether oxygens (including phenoxy) is 1. The lowest BCUT2D eigenvalue weighted by Crippen LogP contribution is -2.36. The van der Waals surface area contributed by atoms with Gasteiger partial charge in [-0.15, -0.1) is 0 Å². The monoisotopic (exact) mass is 308 g/mol. The summed E-state index contributed by atoms with van der Waals surface area (Å²) >= 11 is 0. The average molecular weight is 308 g/mol. The first-order valence-corrected chi connectivity index (χ1v) is 7.73. The molecule has 5 heteroatoms. The van der Waals surface area contributed by atoms with Crippen LogP contribution in [0.25, 0.3) is 0 Å². The summed E-state index contributed by atoms with van der Waals surface area (Å²) in [6.07, 6.45) is 0.572. The molecule has 122 valence electrons. The molecule has 2 rings (SSSR count). The van der Waals surface area contributed by atoms with E-state index in [1.54, 1.807) is 11.0 Å². The zero-order valence-corrected chi connectivity index (χ0v) is 13.5. The molecule has 0 aliphatic carbocycles. The Bertz CT molecular complexity index is 528. The Kier molecular flexibility index (Phi) is 5.06. The van der Waals surface area contributed by atoms with Crippen LogP contribution in [0.3, 0.4) is 0 Å². The molecule has 0 spiro atoms. The van der Waals surface area contributed by atoms with Crippen molar-refractivity contribution in [2.24, 2.45) is 11.7 Å². The normalized spacial score (nSPS) is 20.0. The smallest absolute Gasteiger partial charge is 0.410 e. The van der Waals surface area contributed by atoms with E-state index in [4.69, 9.17) is 10.5 Å². The molecule has 1 aromatic rings. The number of nitrogens with two attached hydrogens (primary N) is 1. The van der Waals surface area contributed by atoms with Crippen LogP contribution < -0.4 is 5.73 Å². The molecule has 1 aromatic carbocycles. The number of likely N-dealkylation sites (tertiary alicyclic amines) is 1. The van der Waals surface area contributed by atoms with Gasteiger partial charge in [0.2, 0.25) is 0 Å². The molecule has 22 heavy (non-hydrogen) atoms.